The molecule has 0 spiro atoms. The standard InChI is InChI=1S/C11H8Br2N4O/c12-8-4-16-9(5-15-8)17-11(18)6-2-1-3-7(14)10(6)13/h1-5H,14H2,(H,16,17,18). The molecule has 0 bridgehead atoms. The number of hydrogen-bond donors (Lipinski definition) is 2. The molecule has 0 aliphatic rings. The monoisotopic (exact) mass is 370 g/mol. The number of rotatable bonds is 2. The third-order valence-electron chi connectivity index (χ3n) is 2.14. The fourth-order valence-electron chi connectivity index (χ4n) is 1.29. The van der Waals surface area contributed by atoms with Crippen LogP contribution in [0.15, 0.2) is 39.7 Å². The lowest BCUT2D eigenvalue weighted by atomic mass is 10.2. The number of nitrogens with zero attached hydrogens (tertiary/aromatic N) is 2. The molecule has 7 heteroatoms. The Balaban J connectivity index is 2.22. The number of carbonyl (C=O) groups is 1. The van der Waals surface area contributed by atoms with Gasteiger partial charge in [-0.3, -0.25) is 4.79 Å². The maximum atomic E-state index is 12.0. The van der Waals surface area contributed by atoms with Crippen LogP contribution in [0.5, 0.6) is 0 Å². The summed E-state index contributed by atoms with van der Waals surface area (Å²) in [5.74, 6) is 0.0725. The Morgan fingerprint density at radius 1 is 1.22 bits per heavy atom. The first-order valence-corrected chi connectivity index (χ1v) is 6.49. The number of benzene rings is 1. The molecule has 1 aromatic heterocycles. The average molecular weight is 372 g/mol. The number of carbonyl (C=O) groups excluding carboxylic acids is 1. The highest BCUT2D eigenvalue weighted by molar-refractivity contribution is 9.10. The molecule has 1 aromatic carbocycles. The maximum Gasteiger partial charge on any atom is 0.258 e. The molecule has 92 valence electrons. The summed E-state index contributed by atoms with van der Waals surface area (Å²) in [6.07, 6.45) is 2.96. The second-order valence-electron chi connectivity index (χ2n) is 3.39. The van der Waals surface area contributed by atoms with E-state index in [2.05, 4.69) is 47.1 Å². The Hall–Kier alpha value is -1.47. The first-order chi connectivity index (χ1) is 8.58. The van der Waals surface area contributed by atoms with Crippen molar-refractivity contribution in [3.63, 3.8) is 0 Å². The van der Waals surface area contributed by atoms with Gasteiger partial charge in [0.1, 0.15) is 4.60 Å². The molecule has 2 rings (SSSR count). The van der Waals surface area contributed by atoms with Gasteiger partial charge in [0.25, 0.3) is 5.91 Å². The summed E-state index contributed by atoms with van der Waals surface area (Å²) in [6, 6.07) is 5.09. The molecular formula is C11H8Br2N4O. The lowest BCUT2D eigenvalue weighted by molar-refractivity contribution is 0.102. The van der Waals surface area contributed by atoms with Crippen molar-refractivity contribution in [2.24, 2.45) is 0 Å². The molecule has 5 nitrogen and oxygen atoms in total. The van der Waals surface area contributed by atoms with Gasteiger partial charge in [-0.15, -0.1) is 0 Å². The van der Waals surface area contributed by atoms with Crippen LogP contribution >= 0.6 is 31.9 Å². The predicted molar refractivity (Wildman–Crippen MR) is 76.2 cm³/mol. The van der Waals surface area contributed by atoms with E-state index in [4.69, 9.17) is 5.73 Å². The van der Waals surface area contributed by atoms with Crippen molar-refractivity contribution in [1.82, 2.24) is 9.97 Å². The van der Waals surface area contributed by atoms with Gasteiger partial charge in [0.2, 0.25) is 0 Å². The summed E-state index contributed by atoms with van der Waals surface area (Å²) < 4.78 is 1.17. The summed E-state index contributed by atoms with van der Waals surface area (Å²) in [5, 5.41) is 2.63. The normalized spacial score (nSPS) is 10.1. The summed E-state index contributed by atoms with van der Waals surface area (Å²) in [6.45, 7) is 0. The van der Waals surface area contributed by atoms with Crippen LogP contribution in [-0.4, -0.2) is 15.9 Å². The van der Waals surface area contributed by atoms with Crippen LogP contribution in [-0.2, 0) is 0 Å². The zero-order chi connectivity index (χ0) is 13.1. The van der Waals surface area contributed by atoms with Gasteiger partial charge in [0.15, 0.2) is 5.82 Å². The van der Waals surface area contributed by atoms with Crippen LogP contribution in [0.1, 0.15) is 10.4 Å². The fraction of sp³-hybridized carbons (Fsp3) is 0. The van der Waals surface area contributed by atoms with Gasteiger partial charge in [0, 0.05) is 5.69 Å². The van der Waals surface area contributed by atoms with E-state index >= 15 is 0 Å². The van der Waals surface area contributed by atoms with Gasteiger partial charge in [0.05, 0.1) is 22.4 Å². The van der Waals surface area contributed by atoms with Crippen molar-refractivity contribution in [2.45, 2.75) is 0 Å². The van der Waals surface area contributed by atoms with Crippen LogP contribution in [0.25, 0.3) is 0 Å². The van der Waals surface area contributed by atoms with Gasteiger partial charge in [-0.1, -0.05) is 6.07 Å². The highest BCUT2D eigenvalue weighted by Gasteiger charge is 2.12. The number of nitrogens with two attached hydrogens (primary N) is 1. The van der Waals surface area contributed by atoms with Gasteiger partial charge >= 0.3 is 0 Å². The van der Waals surface area contributed by atoms with E-state index in [-0.39, 0.29) is 5.91 Å². The Bertz CT molecular complexity index is 586. The first kappa shape index (κ1) is 13.0. The van der Waals surface area contributed by atoms with Crippen molar-refractivity contribution >= 4 is 49.3 Å². The molecule has 0 atom stereocenters. The zero-order valence-corrected chi connectivity index (χ0v) is 12.2. The Morgan fingerprint density at radius 2 is 2.00 bits per heavy atom. The van der Waals surface area contributed by atoms with Crippen LogP contribution < -0.4 is 11.1 Å². The molecule has 0 unspecified atom stereocenters. The Morgan fingerprint density at radius 3 is 2.67 bits per heavy atom. The molecule has 0 fully saturated rings. The Kier molecular flexibility index (Phi) is 3.93. The van der Waals surface area contributed by atoms with E-state index in [9.17, 15) is 4.79 Å². The topological polar surface area (TPSA) is 80.9 Å². The van der Waals surface area contributed by atoms with Crippen LogP contribution in [0.3, 0.4) is 0 Å². The van der Waals surface area contributed by atoms with Crippen molar-refractivity contribution < 1.29 is 4.79 Å². The molecule has 2 aromatic rings. The number of halogens is 2. The second kappa shape index (κ2) is 5.45. The van der Waals surface area contributed by atoms with E-state index in [1.807, 2.05) is 0 Å². The van der Waals surface area contributed by atoms with Gasteiger partial charge in [-0.2, -0.15) is 0 Å². The van der Waals surface area contributed by atoms with Gasteiger partial charge in [-0.25, -0.2) is 9.97 Å². The number of nitrogen functional groups attached to an aromatic ring is 1. The van der Waals surface area contributed by atoms with E-state index in [1.165, 1.54) is 12.4 Å². The number of amides is 1. The molecule has 3 N–H and O–H groups in total. The summed E-state index contributed by atoms with van der Waals surface area (Å²) in [5.41, 5.74) is 6.66. The molecule has 1 amide bonds. The molecule has 0 saturated carbocycles. The lowest BCUT2D eigenvalue weighted by Gasteiger charge is -2.07. The van der Waals surface area contributed by atoms with Crippen molar-refractivity contribution in [3.8, 4) is 0 Å². The largest absolute Gasteiger partial charge is 0.398 e. The van der Waals surface area contributed by atoms with Crippen molar-refractivity contribution in [2.75, 3.05) is 11.1 Å². The smallest absolute Gasteiger partial charge is 0.258 e. The van der Waals surface area contributed by atoms with Crippen LogP contribution in [0.2, 0.25) is 0 Å². The number of hydrogen-bond acceptors (Lipinski definition) is 4. The van der Waals surface area contributed by atoms with E-state index in [0.717, 1.165) is 0 Å². The number of aromatic nitrogens is 2. The van der Waals surface area contributed by atoms with E-state index < -0.39 is 0 Å². The molecule has 18 heavy (non-hydrogen) atoms. The minimum absolute atomic E-state index is 0.300. The minimum atomic E-state index is -0.300. The fourth-order valence-corrected chi connectivity index (χ4v) is 1.93. The molecular weight excluding hydrogens is 364 g/mol. The highest BCUT2D eigenvalue weighted by Crippen LogP contribution is 2.24. The van der Waals surface area contributed by atoms with Gasteiger partial charge < -0.3 is 11.1 Å². The SMILES string of the molecule is Nc1cccc(C(=O)Nc2cnc(Br)cn2)c1Br. The molecule has 1 heterocycles. The molecule has 0 aliphatic heterocycles. The Labute approximate surface area is 120 Å². The van der Waals surface area contributed by atoms with Gasteiger partial charge in [-0.05, 0) is 44.0 Å². The third-order valence-corrected chi connectivity index (χ3v) is 3.43. The first-order valence-electron chi connectivity index (χ1n) is 4.91. The van der Waals surface area contributed by atoms with E-state index in [0.29, 0.717) is 26.1 Å². The summed E-state index contributed by atoms with van der Waals surface area (Å²) >= 11 is 6.44. The van der Waals surface area contributed by atoms with Crippen LogP contribution in [0.4, 0.5) is 11.5 Å². The summed E-state index contributed by atoms with van der Waals surface area (Å²) in [7, 11) is 0. The van der Waals surface area contributed by atoms with Crippen molar-refractivity contribution in [3.05, 3.63) is 45.2 Å². The van der Waals surface area contributed by atoms with E-state index in [1.54, 1.807) is 18.2 Å². The van der Waals surface area contributed by atoms with Crippen LogP contribution in [0, 0.1) is 0 Å². The molecule has 0 saturated heterocycles. The number of anilines is 2. The van der Waals surface area contributed by atoms with Crippen molar-refractivity contribution in [1.29, 1.82) is 0 Å². The second-order valence-corrected chi connectivity index (χ2v) is 4.99. The average Bonchev–Trinajstić information content (AvgIpc) is 2.35. The third kappa shape index (κ3) is 2.85. The lowest BCUT2D eigenvalue weighted by Crippen LogP contribution is -2.14. The summed E-state index contributed by atoms with van der Waals surface area (Å²) in [4.78, 5) is 20.0. The quantitative estimate of drug-likeness (QED) is 0.795. The highest BCUT2D eigenvalue weighted by atomic mass is 79.9. The number of nitrogens with one attached hydrogen (secondary N) is 1. The maximum absolute atomic E-state index is 12.0. The molecule has 0 aliphatic carbocycles. The minimum Gasteiger partial charge on any atom is -0.398 e. The zero-order valence-electron chi connectivity index (χ0n) is 9.02. The predicted octanol–water partition coefficient (Wildman–Crippen LogP) is 2.84. The molecule has 0 radical (unpaired) electrons.